The molecule has 1 aliphatic rings. The van der Waals surface area contributed by atoms with Crippen LogP contribution in [0.4, 0.5) is 5.69 Å². The summed E-state index contributed by atoms with van der Waals surface area (Å²) in [5.74, 6) is -0.113. The number of methoxy groups -OCH3 is 1. The smallest absolute Gasteiger partial charge is 0.240 e. The number of sulfonamides is 1. The van der Waals surface area contributed by atoms with E-state index >= 15 is 0 Å². The summed E-state index contributed by atoms with van der Waals surface area (Å²) in [6.45, 7) is 3.34. The molecule has 1 unspecified atom stereocenters. The minimum Gasteiger partial charge on any atom is -0.383 e. The van der Waals surface area contributed by atoms with Gasteiger partial charge in [-0.2, -0.15) is 0 Å². The second-order valence-corrected chi connectivity index (χ2v) is 7.76. The van der Waals surface area contributed by atoms with Gasteiger partial charge in [0.1, 0.15) is 0 Å². The molecule has 7 nitrogen and oxygen atoms in total. The Morgan fingerprint density at radius 1 is 1.32 bits per heavy atom. The zero-order chi connectivity index (χ0) is 17.6. The molecular weight excluding hydrogens is 366 g/mol. The van der Waals surface area contributed by atoms with Crippen LogP contribution in [-0.4, -0.2) is 46.7 Å². The first kappa shape index (κ1) is 21.9. The van der Waals surface area contributed by atoms with E-state index in [4.69, 9.17) is 4.74 Å². The number of carbonyl (C=O) groups excluding carboxylic acids is 1. The molecule has 1 saturated heterocycles. The van der Waals surface area contributed by atoms with Gasteiger partial charge in [-0.25, -0.2) is 13.1 Å². The Hall–Kier alpha value is -1.19. The summed E-state index contributed by atoms with van der Waals surface area (Å²) in [6.07, 6.45) is 2.23. The van der Waals surface area contributed by atoms with Crippen molar-refractivity contribution in [3.8, 4) is 0 Å². The highest BCUT2D eigenvalue weighted by atomic mass is 35.5. The van der Waals surface area contributed by atoms with Crippen LogP contribution in [0.25, 0.3) is 0 Å². The van der Waals surface area contributed by atoms with E-state index < -0.39 is 10.0 Å². The summed E-state index contributed by atoms with van der Waals surface area (Å²) in [5.41, 5.74) is 0.228. The fourth-order valence-electron chi connectivity index (χ4n) is 2.75. The number of amides is 1. The van der Waals surface area contributed by atoms with Crippen molar-refractivity contribution in [2.24, 2.45) is 0 Å². The van der Waals surface area contributed by atoms with E-state index in [0.29, 0.717) is 18.7 Å². The van der Waals surface area contributed by atoms with Crippen molar-refractivity contribution >= 4 is 34.0 Å². The molecule has 1 fully saturated rings. The lowest BCUT2D eigenvalue weighted by atomic mass is 9.99. The van der Waals surface area contributed by atoms with Crippen LogP contribution in [0.1, 0.15) is 26.2 Å². The molecular formula is C16H26ClN3O4S. The Kier molecular flexibility index (Phi) is 8.30. The van der Waals surface area contributed by atoms with Crippen LogP contribution in [0.2, 0.25) is 0 Å². The highest BCUT2D eigenvalue weighted by Crippen LogP contribution is 2.20. The quantitative estimate of drug-likeness (QED) is 0.624. The van der Waals surface area contributed by atoms with Crippen molar-refractivity contribution < 1.29 is 17.9 Å². The molecule has 1 heterocycles. The van der Waals surface area contributed by atoms with Gasteiger partial charge in [-0.15, -0.1) is 12.4 Å². The number of hydrogen-bond acceptors (Lipinski definition) is 5. The van der Waals surface area contributed by atoms with E-state index in [9.17, 15) is 13.2 Å². The fraction of sp³-hybridized carbons (Fsp3) is 0.562. The molecule has 25 heavy (non-hydrogen) atoms. The Bertz CT molecular complexity index is 658. The van der Waals surface area contributed by atoms with Gasteiger partial charge in [0.05, 0.1) is 17.0 Å². The highest BCUT2D eigenvalue weighted by molar-refractivity contribution is 7.89. The normalized spacial score (nSPS) is 20.1. The number of hydrogen-bond donors (Lipinski definition) is 3. The summed E-state index contributed by atoms with van der Waals surface area (Å²) in [6, 6.07) is 6.14. The van der Waals surface area contributed by atoms with E-state index in [1.54, 1.807) is 26.2 Å². The zero-order valence-corrected chi connectivity index (χ0v) is 16.1. The second kappa shape index (κ2) is 9.49. The summed E-state index contributed by atoms with van der Waals surface area (Å²) in [5, 5.41) is 6.02. The first-order valence-electron chi connectivity index (χ1n) is 8.04. The number of halogens is 1. The van der Waals surface area contributed by atoms with Crippen LogP contribution < -0.4 is 15.4 Å². The largest absolute Gasteiger partial charge is 0.383 e. The first-order chi connectivity index (χ1) is 11.4. The third kappa shape index (κ3) is 5.93. The van der Waals surface area contributed by atoms with Gasteiger partial charge in [-0.1, -0.05) is 6.92 Å². The minimum absolute atomic E-state index is 0. The topological polar surface area (TPSA) is 96.5 Å². The number of benzene rings is 1. The molecule has 2 rings (SSSR count). The molecule has 1 amide bonds. The molecule has 1 aromatic carbocycles. The summed E-state index contributed by atoms with van der Waals surface area (Å²) >= 11 is 0. The Morgan fingerprint density at radius 2 is 2.00 bits per heavy atom. The maximum atomic E-state index is 12.5. The van der Waals surface area contributed by atoms with Crippen molar-refractivity contribution in [1.82, 2.24) is 10.0 Å². The summed E-state index contributed by atoms with van der Waals surface area (Å²) in [4.78, 5) is 11.5. The van der Waals surface area contributed by atoms with Gasteiger partial charge >= 0.3 is 0 Å². The molecule has 1 aromatic rings. The lowest BCUT2D eigenvalue weighted by molar-refractivity contribution is -0.115. The molecule has 0 saturated carbocycles. The summed E-state index contributed by atoms with van der Waals surface area (Å²) in [7, 11) is -2.00. The number of anilines is 1. The van der Waals surface area contributed by atoms with Crippen molar-refractivity contribution in [2.45, 2.75) is 36.6 Å². The van der Waals surface area contributed by atoms with Crippen LogP contribution in [0.15, 0.2) is 29.2 Å². The molecule has 0 bridgehead atoms. The van der Waals surface area contributed by atoms with E-state index in [2.05, 4.69) is 15.4 Å². The molecule has 3 N–H and O–H groups in total. The monoisotopic (exact) mass is 391 g/mol. The van der Waals surface area contributed by atoms with Crippen LogP contribution in [0, 0.1) is 0 Å². The van der Waals surface area contributed by atoms with Crippen molar-refractivity contribution in [2.75, 3.05) is 32.1 Å². The van der Waals surface area contributed by atoms with Crippen LogP contribution >= 0.6 is 12.4 Å². The minimum atomic E-state index is -3.61. The lowest BCUT2D eigenvalue weighted by Crippen LogP contribution is -2.52. The number of carbonyl (C=O) groups is 1. The maximum absolute atomic E-state index is 12.5. The van der Waals surface area contributed by atoms with E-state index in [1.807, 2.05) is 0 Å². The summed E-state index contributed by atoms with van der Waals surface area (Å²) < 4.78 is 32.8. The SMILES string of the molecule is CCC(=O)Nc1ccc(S(=O)(=O)NCC2(COC)CCCN2)cc1.Cl. The van der Waals surface area contributed by atoms with E-state index in [-0.39, 0.29) is 35.3 Å². The molecule has 0 radical (unpaired) electrons. The van der Waals surface area contributed by atoms with E-state index in [0.717, 1.165) is 19.4 Å². The zero-order valence-electron chi connectivity index (χ0n) is 14.5. The van der Waals surface area contributed by atoms with Crippen molar-refractivity contribution in [3.63, 3.8) is 0 Å². The van der Waals surface area contributed by atoms with Crippen LogP contribution in [0.5, 0.6) is 0 Å². The van der Waals surface area contributed by atoms with Gasteiger partial charge in [-0.3, -0.25) is 4.79 Å². The average molecular weight is 392 g/mol. The highest BCUT2D eigenvalue weighted by Gasteiger charge is 2.34. The molecule has 0 aliphatic carbocycles. The maximum Gasteiger partial charge on any atom is 0.240 e. The van der Waals surface area contributed by atoms with Gasteiger partial charge in [0, 0.05) is 25.8 Å². The molecule has 9 heteroatoms. The number of rotatable bonds is 8. The number of nitrogens with one attached hydrogen (secondary N) is 3. The third-order valence-electron chi connectivity index (χ3n) is 4.12. The molecule has 1 atom stereocenters. The third-order valence-corrected chi connectivity index (χ3v) is 5.54. The predicted octanol–water partition coefficient (Wildman–Crippen LogP) is 1.50. The molecule has 0 aromatic heterocycles. The van der Waals surface area contributed by atoms with Crippen LogP contribution in [0.3, 0.4) is 0 Å². The lowest BCUT2D eigenvalue weighted by Gasteiger charge is -2.28. The van der Waals surface area contributed by atoms with Gasteiger partial charge in [-0.05, 0) is 43.7 Å². The molecule has 1 aliphatic heterocycles. The average Bonchev–Trinajstić information content (AvgIpc) is 3.03. The van der Waals surface area contributed by atoms with Gasteiger partial charge in [0.15, 0.2) is 0 Å². The Morgan fingerprint density at radius 3 is 2.52 bits per heavy atom. The van der Waals surface area contributed by atoms with Crippen molar-refractivity contribution in [1.29, 1.82) is 0 Å². The Labute approximate surface area is 155 Å². The van der Waals surface area contributed by atoms with E-state index in [1.165, 1.54) is 12.1 Å². The van der Waals surface area contributed by atoms with Gasteiger partial charge < -0.3 is 15.4 Å². The molecule has 0 spiro atoms. The first-order valence-corrected chi connectivity index (χ1v) is 9.53. The van der Waals surface area contributed by atoms with Gasteiger partial charge in [0.2, 0.25) is 15.9 Å². The van der Waals surface area contributed by atoms with Gasteiger partial charge in [0.25, 0.3) is 0 Å². The van der Waals surface area contributed by atoms with Crippen molar-refractivity contribution in [3.05, 3.63) is 24.3 Å². The standard InChI is InChI=1S/C16H25N3O4S.ClH/c1-3-15(20)19-13-5-7-14(8-6-13)24(21,22)18-11-16(12-23-2)9-4-10-17-16;/h5-8,17-18H,3-4,9-12H2,1-2H3,(H,19,20);1H. The number of ether oxygens (including phenoxy) is 1. The van der Waals surface area contributed by atoms with Crippen LogP contribution in [-0.2, 0) is 19.6 Å². The predicted molar refractivity (Wildman–Crippen MR) is 99.6 cm³/mol. The fourth-order valence-corrected chi connectivity index (χ4v) is 3.88. The Balaban J connectivity index is 0.00000312. The molecule has 142 valence electrons. The second-order valence-electron chi connectivity index (χ2n) is 5.99.